The Hall–Kier alpha value is -1.03. The van der Waals surface area contributed by atoms with Crippen molar-refractivity contribution in [1.29, 1.82) is 0 Å². The Morgan fingerprint density at radius 2 is 1.89 bits per heavy atom. The van der Waals surface area contributed by atoms with Crippen molar-refractivity contribution in [3.8, 4) is 11.5 Å². The predicted molar refractivity (Wildman–Crippen MR) is 78.4 cm³/mol. The Labute approximate surface area is 120 Å². The summed E-state index contributed by atoms with van der Waals surface area (Å²) in [4.78, 5) is 0. The van der Waals surface area contributed by atoms with Crippen LogP contribution in [0.5, 0.6) is 11.5 Å². The van der Waals surface area contributed by atoms with E-state index in [1.807, 2.05) is 43.4 Å². The van der Waals surface area contributed by atoms with Gasteiger partial charge in [-0.2, -0.15) is 0 Å². The normalized spacial score (nSPS) is 10.4. The van der Waals surface area contributed by atoms with E-state index in [2.05, 4.69) is 21.2 Å². The molecule has 2 nitrogen and oxygen atoms in total. The number of halogens is 2. The molecule has 0 amide bonds. The number of hydrogen-bond donors (Lipinski definition) is 1. The van der Waals surface area contributed by atoms with Crippen molar-refractivity contribution >= 4 is 27.5 Å². The predicted octanol–water partition coefficient (Wildman–Crippen LogP) is 4.61. The molecule has 0 aliphatic carbocycles. The molecule has 2 aromatic carbocycles. The molecule has 0 heterocycles. The van der Waals surface area contributed by atoms with Crippen molar-refractivity contribution in [3.63, 3.8) is 0 Å². The van der Waals surface area contributed by atoms with Gasteiger partial charge in [-0.15, -0.1) is 0 Å². The minimum absolute atomic E-state index is 0.679. The molecule has 0 aromatic heterocycles. The smallest absolute Gasteiger partial charge is 0.141 e. The van der Waals surface area contributed by atoms with Crippen LogP contribution in [-0.4, -0.2) is 7.05 Å². The first kappa shape index (κ1) is 13.4. The molecule has 0 spiro atoms. The zero-order valence-electron chi connectivity index (χ0n) is 9.91. The minimum Gasteiger partial charge on any atom is -0.456 e. The van der Waals surface area contributed by atoms with Crippen molar-refractivity contribution in [3.05, 3.63) is 57.5 Å². The van der Waals surface area contributed by atoms with E-state index in [-0.39, 0.29) is 0 Å². The average Bonchev–Trinajstić information content (AvgIpc) is 2.35. The van der Waals surface area contributed by atoms with Crippen LogP contribution >= 0.6 is 27.5 Å². The van der Waals surface area contributed by atoms with Gasteiger partial charge < -0.3 is 10.1 Å². The van der Waals surface area contributed by atoms with E-state index in [0.717, 1.165) is 22.5 Å². The summed E-state index contributed by atoms with van der Waals surface area (Å²) >= 11 is 9.31. The van der Waals surface area contributed by atoms with Gasteiger partial charge in [-0.1, -0.05) is 23.7 Å². The summed E-state index contributed by atoms with van der Waals surface area (Å²) in [5.41, 5.74) is 1.22. The molecule has 0 saturated heterocycles. The highest BCUT2D eigenvalue weighted by molar-refractivity contribution is 9.10. The molecular weight excluding hydrogens is 314 g/mol. The molecule has 94 valence electrons. The number of ether oxygens (including phenoxy) is 1. The van der Waals surface area contributed by atoms with Gasteiger partial charge in [-0.05, 0) is 58.9 Å². The molecule has 2 aromatic rings. The molecule has 0 aliphatic rings. The van der Waals surface area contributed by atoms with E-state index in [4.69, 9.17) is 16.3 Å². The lowest BCUT2D eigenvalue weighted by atomic mass is 10.2. The fourth-order valence-electron chi connectivity index (χ4n) is 1.56. The molecule has 0 atom stereocenters. The summed E-state index contributed by atoms with van der Waals surface area (Å²) in [6, 6.07) is 13.4. The number of hydrogen-bond acceptors (Lipinski definition) is 2. The maximum absolute atomic E-state index is 5.88. The number of rotatable bonds is 4. The van der Waals surface area contributed by atoms with Crippen LogP contribution in [0.15, 0.2) is 46.9 Å². The molecule has 1 N–H and O–H groups in total. The van der Waals surface area contributed by atoms with Gasteiger partial charge in [0.1, 0.15) is 11.5 Å². The van der Waals surface area contributed by atoms with Crippen molar-refractivity contribution in [2.45, 2.75) is 6.54 Å². The number of nitrogens with one attached hydrogen (secondary N) is 1. The summed E-state index contributed by atoms with van der Waals surface area (Å²) < 4.78 is 6.61. The Morgan fingerprint density at radius 1 is 1.17 bits per heavy atom. The van der Waals surface area contributed by atoms with Crippen LogP contribution in [0, 0.1) is 0 Å². The lowest BCUT2D eigenvalue weighted by molar-refractivity contribution is 0.479. The first-order valence-electron chi connectivity index (χ1n) is 5.55. The van der Waals surface area contributed by atoms with Gasteiger partial charge in [0.15, 0.2) is 0 Å². The molecule has 0 unspecified atom stereocenters. The Balaban J connectivity index is 2.13. The maximum Gasteiger partial charge on any atom is 0.141 e. The van der Waals surface area contributed by atoms with Crippen molar-refractivity contribution in [1.82, 2.24) is 5.32 Å². The lowest BCUT2D eigenvalue weighted by Gasteiger charge is -2.08. The monoisotopic (exact) mass is 325 g/mol. The van der Waals surface area contributed by atoms with Crippen molar-refractivity contribution in [2.75, 3.05) is 7.05 Å². The van der Waals surface area contributed by atoms with Gasteiger partial charge in [0.25, 0.3) is 0 Å². The lowest BCUT2D eigenvalue weighted by Crippen LogP contribution is -2.04. The van der Waals surface area contributed by atoms with E-state index in [0.29, 0.717) is 5.02 Å². The first-order chi connectivity index (χ1) is 8.69. The highest BCUT2D eigenvalue weighted by Crippen LogP contribution is 2.31. The van der Waals surface area contributed by atoms with Gasteiger partial charge in [-0.3, -0.25) is 0 Å². The summed E-state index contributed by atoms with van der Waals surface area (Å²) in [7, 11) is 1.93. The fraction of sp³-hybridized carbons (Fsp3) is 0.143. The second kappa shape index (κ2) is 6.23. The molecule has 0 bridgehead atoms. The topological polar surface area (TPSA) is 21.3 Å². The maximum atomic E-state index is 5.88. The third-order valence-corrected chi connectivity index (χ3v) is 3.28. The molecular formula is C14H13BrClNO. The summed E-state index contributed by atoms with van der Waals surface area (Å²) in [6.45, 7) is 0.852. The average molecular weight is 327 g/mol. The SMILES string of the molecule is CNCc1ccc(Oc2ccc(Cl)cc2Br)cc1. The van der Waals surface area contributed by atoms with Crippen LogP contribution in [0.1, 0.15) is 5.56 Å². The first-order valence-corrected chi connectivity index (χ1v) is 6.72. The fourth-order valence-corrected chi connectivity index (χ4v) is 2.33. The Morgan fingerprint density at radius 3 is 2.50 bits per heavy atom. The summed E-state index contributed by atoms with van der Waals surface area (Å²) in [5, 5.41) is 3.78. The van der Waals surface area contributed by atoms with Crippen LogP contribution in [0.4, 0.5) is 0 Å². The van der Waals surface area contributed by atoms with Gasteiger partial charge in [0.05, 0.1) is 4.47 Å². The standard InChI is InChI=1S/C14H13BrClNO/c1-17-9-10-2-5-12(6-3-10)18-14-7-4-11(16)8-13(14)15/h2-8,17H,9H2,1H3. The van der Waals surface area contributed by atoms with Gasteiger partial charge >= 0.3 is 0 Å². The minimum atomic E-state index is 0.679. The van der Waals surface area contributed by atoms with Crippen molar-refractivity contribution in [2.24, 2.45) is 0 Å². The van der Waals surface area contributed by atoms with E-state index in [9.17, 15) is 0 Å². The van der Waals surface area contributed by atoms with Crippen LogP contribution in [-0.2, 0) is 6.54 Å². The number of benzene rings is 2. The van der Waals surface area contributed by atoms with Crippen LogP contribution in [0.3, 0.4) is 0 Å². The van der Waals surface area contributed by atoms with Crippen LogP contribution < -0.4 is 10.1 Å². The van der Waals surface area contributed by atoms with E-state index in [1.165, 1.54) is 5.56 Å². The third kappa shape index (κ3) is 3.48. The second-order valence-electron chi connectivity index (χ2n) is 3.85. The Kier molecular flexibility index (Phi) is 4.64. The highest BCUT2D eigenvalue weighted by atomic mass is 79.9. The van der Waals surface area contributed by atoms with Crippen LogP contribution in [0.25, 0.3) is 0 Å². The quantitative estimate of drug-likeness (QED) is 0.885. The van der Waals surface area contributed by atoms with E-state index < -0.39 is 0 Å². The zero-order valence-corrected chi connectivity index (χ0v) is 12.3. The molecule has 0 fully saturated rings. The van der Waals surface area contributed by atoms with E-state index >= 15 is 0 Å². The molecule has 4 heteroatoms. The molecule has 0 radical (unpaired) electrons. The van der Waals surface area contributed by atoms with E-state index in [1.54, 1.807) is 6.07 Å². The molecule has 2 rings (SSSR count). The third-order valence-electron chi connectivity index (χ3n) is 2.43. The summed E-state index contributed by atoms with van der Waals surface area (Å²) in [5.74, 6) is 1.55. The zero-order chi connectivity index (χ0) is 13.0. The Bertz CT molecular complexity index is 528. The van der Waals surface area contributed by atoms with Gasteiger partial charge in [-0.25, -0.2) is 0 Å². The molecule has 0 saturated carbocycles. The largest absolute Gasteiger partial charge is 0.456 e. The van der Waals surface area contributed by atoms with Gasteiger partial charge in [0.2, 0.25) is 0 Å². The second-order valence-corrected chi connectivity index (χ2v) is 5.14. The van der Waals surface area contributed by atoms with Crippen molar-refractivity contribution < 1.29 is 4.74 Å². The highest BCUT2D eigenvalue weighted by Gasteiger charge is 2.03. The summed E-state index contributed by atoms with van der Waals surface area (Å²) in [6.07, 6.45) is 0. The molecule has 0 aliphatic heterocycles. The van der Waals surface area contributed by atoms with Crippen LogP contribution in [0.2, 0.25) is 5.02 Å². The molecule has 18 heavy (non-hydrogen) atoms. The van der Waals surface area contributed by atoms with Gasteiger partial charge in [0, 0.05) is 11.6 Å².